The second-order valence-corrected chi connectivity index (χ2v) is 6.15. The maximum atomic E-state index is 12.3. The first kappa shape index (κ1) is 16.9. The van der Waals surface area contributed by atoms with E-state index in [1.165, 1.54) is 20.3 Å². The van der Waals surface area contributed by atoms with Crippen LogP contribution in [0.25, 0.3) is 0 Å². The van der Waals surface area contributed by atoms with Crippen molar-refractivity contribution in [2.24, 2.45) is 5.73 Å². The number of rotatable bonds is 8. The van der Waals surface area contributed by atoms with Gasteiger partial charge in [-0.25, -0.2) is 13.1 Å². The molecule has 0 radical (unpaired) electrons. The lowest BCUT2D eigenvalue weighted by molar-refractivity contribution is 0.122. The molecule has 0 bridgehead atoms. The van der Waals surface area contributed by atoms with Gasteiger partial charge in [-0.05, 0) is 43.7 Å². The van der Waals surface area contributed by atoms with Gasteiger partial charge in [-0.15, -0.1) is 0 Å². The zero-order valence-corrected chi connectivity index (χ0v) is 12.9. The van der Waals surface area contributed by atoms with Gasteiger partial charge in [-0.1, -0.05) is 0 Å². The molecule has 114 valence electrons. The first-order valence-electron chi connectivity index (χ1n) is 6.34. The second kappa shape index (κ2) is 7.58. The van der Waals surface area contributed by atoms with Crippen LogP contribution < -0.4 is 15.2 Å². The van der Waals surface area contributed by atoms with Gasteiger partial charge < -0.3 is 15.2 Å². The average molecular weight is 302 g/mol. The number of nitrogens with one attached hydrogen (secondary N) is 1. The van der Waals surface area contributed by atoms with Gasteiger partial charge >= 0.3 is 0 Å². The molecule has 0 aliphatic rings. The molecule has 3 N–H and O–H groups in total. The highest BCUT2D eigenvalue weighted by atomic mass is 32.2. The molecule has 0 aromatic heterocycles. The Morgan fingerprint density at radius 2 is 2.05 bits per heavy atom. The lowest BCUT2D eigenvalue weighted by atomic mass is 10.1. The van der Waals surface area contributed by atoms with Crippen molar-refractivity contribution in [2.75, 3.05) is 27.3 Å². The van der Waals surface area contributed by atoms with Crippen LogP contribution in [-0.4, -0.2) is 41.8 Å². The minimum atomic E-state index is -3.58. The van der Waals surface area contributed by atoms with Crippen LogP contribution in [0.2, 0.25) is 0 Å². The van der Waals surface area contributed by atoms with E-state index in [-0.39, 0.29) is 17.5 Å². The predicted molar refractivity (Wildman–Crippen MR) is 77.4 cm³/mol. The molecule has 1 aromatic carbocycles. The van der Waals surface area contributed by atoms with Gasteiger partial charge in [0.25, 0.3) is 0 Å². The van der Waals surface area contributed by atoms with Crippen molar-refractivity contribution in [1.82, 2.24) is 4.72 Å². The van der Waals surface area contributed by atoms with E-state index in [0.717, 1.165) is 0 Å². The van der Waals surface area contributed by atoms with Crippen LogP contribution in [0.4, 0.5) is 0 Å². The summed E-state index contributed by atoms with van der Waals surface area (Å²) >= 11 is 0. The summed E-state index contributed by atoms with van der Waals surface area (Å²) in [5.41, 5.74) is 6.17. The summed E-state index contributed by atoms with van der Waals surface area (Å²) < 4.78 is 37.3. The number of sulfonamides is 1. The van der Waals surface area contributed by atoms with Crippen molar-refractivity contribution in [1.29, 1.82) is 0 Å². The van der Waals surface area contributed by atoms with Gasteiger partial charge in [-0.3, -0.25) is 0 Å². The van der Waals surface area contributed by atoms with E-state index in [4.69, 9.17) is 15.2 Å². The summed E-state index contributed by atoms with van der Waals surface area (Å²) in [6.07, 6.45) is 0.272. The third-order valence-electron chi connectivity index (χ3n) is 2.93. The van der Waals surface area contributed by atoms with Crippen LogP contribution in [0.15, 0.2) is 23.1 Å². The smallest absolute Gasteiger partial charge is 0.240 e. The Hall–Kier alpha value is -1.15. The molecule has 0 saturated carbocycles. The Kier molecular flexibility index (Phi) is 6.41. The van der Waals surface area contributed by atoms with Gasteiger partial charge in [0.15, 0.2) is 0 Å². The van der Waals surface area contributed by atoms with E-state index in [0.29, 0.717) is 24.3 Å². The number of nitrogens with two attached hydrogens (primary N) is 1. The average Bonchev–Trinajstić information content (AvgIpc) is 2.44. The number of methoxy groups -OCH3 is 2. The summed E-state index contributed by atoms with van der Waals surface area (Å²) in [5, 5.41) is 0. The van der Waals surface area contributed by atoms with E-state index in [1.807, 2.05) is 0 Å². The van der Waals surface area contributed by atoms with E-state index >= 15 is 0 Å². The molecule has 1 atom stereocenters. The van der Waals surface area contributed by atoms with Crippen LogP contribution in [0.1, 0.15) is 12.5 Å². The highest BCUT2D eigenvalue weighted by Gasteiger charge is 2.19. The van der Waals surface area contributed by atoms with Crippen molar-refractivity contribution in [3.63, 3.8) is 0 Å². The number of benzene rings is 1. The second-order valence-electron chi connectivity index (χ2n) is 4.41. The summed E-state index contributed by atoms with van der Waals surface area (Å²) in [5.74, 6) is 0.609. The molecule has 7 heteroatoms. The Bertz CT molecular complexity index is 531. The van der Waals surface area contributed by atoms with Gasteiger partial charge in [0.2, 0.25) is 10.0 Å². The van der Waals surface area contributed by atoms with Gasteiger partial charge in [0.05, 0.1) is 18.1 Å². The molecule has 20 heavy (non-hydrogen) atoms. The fourth-order valence-corrected chi connectivity index (χ4v) is 3.05. The van der Waals surface area contributed by atoms with Crippen molar-refractivity contribution >= 4 is 10.0 Å². The third kappa shape index (κ3) is 4.45. The van der Waals surface area contributed by atoms with Crippen molar-refractivity contribution < 1.29 is 17.9 Å². The van der Waals surface area contributed by atoms with Crippen molar-refractivity contribution in [2.45, 2.75) is 24.3 Å². The van der Waals surface area contributed by atoms with Gasteiger partial charge in [0.1, 0.15) is 5.75 Å². The first-order valence-corrected chi connectivity index (χ1v) is 7.82. The Morgan fingerprint density at radius 1 is 1.35 bits per heavy atom. The molecule has 0 saturated heterocycles. The maximum Gasteiger partial charge on any atom is 0.240 e. The molecule has 6 nitrogen and oxygen atoms in total. The molecular weight excluding hydrogens is 280 g/mol. The lowest BCUT2D eigenvalue weighted by Gasteiger charge is -2.14. The summed E-state index contributed by atoms with van der Waals surface area (Å²) in [4.78, 5) is 0.229. The van der Waals surface area contributed by atoms with Crippen molar-refractivity contribution in [3.05, 3.63) is 23.8 Å². The number of ether oxygens (including phenoxy) is 2. The summed E-state index contributed by atoms with van der Waals surface area (Å²) in [6, 6.07) is 4.85. The molecular formula is C13H22N2O4S. The fourth-order valence-electron chi connectivity index (χ4n) is 1.68. The van der Waals surface area contributed by atoms with E-state index in [2.05, 4.69) is 4.72 Å². The number of hydrogen-bond acceptors (Lipinski definition) is 5. The topological polar surface area (TPSA) is 90.7 Å². The molecule has 1 unspecified atom stereocenters. The van der Waals surface area contributed by atoms with Crippen LogP contribution in [0.3, 0.4) is 0 Å². The highest BCUT2D eigenvalue weighted by Crippen LogP contribution is 2.22. The minimum absolute atomic E-state index is 0.194. The Morgan fingerprint density at radius 3 is 2.60 bits per heavy atom. The molecule has 0 fully saturated rings. The summed E-state index contributed by atoms with van der Waals surface area (Å²) in [7, 11) is -0.514. The largest absolute Gasteiger partial charge is 0.497 e. The third-order valence-corrected chi connectivity index (χ3v) is 4.46. The monoisotopic (exact) mass is 302 g/mol. The normalized spacial score (nSPS) is 13.2. The molecule has 0 amide bonds. The van der Waals surface area contributed by atoms with Gasteiger partial charge in [-0.2, -0.15) is 0 Å². The quantitative estimate of drug-likeness (QED) is 0.730. The highest BCUT2D eigenvalue weighted by molar-refractivity contribution is 7.89. The van der Waals surface area contributed by atoms with E-state index in [1.54, 1.807) is 19.1 Å². The van der Waals surface area contributed by atoms with E-state index in [9.17, 15) is 8.42 Å². The van der Waals surface area contributed by atoms with Crippen LogP contribution in [0.5, 0.6) is 5.75 Å². The predicted octanol–water partition coefficient (Wildman–Crippen LogP) is 0.510. The van der Waals surface area contributed by atoms with Crippen molar-refractivity contribution in [3.8, 4) is 5.75 Å². The standard InChI is InChI=1S/C13H22N2O4S/c1-10(18-2)9-15-20(16,17)13-5-4-12(19-3)8-11(13)6-7-14/h4-5,8,10,15H,6-7,9,14H2,1-3H3. The summed E-state index contributed by atoms with van der Waals surface area (Å²) in [6.45, 7) is 2.37. The zero-order valence-electron chi connectivity index (χ0n) is 12.0. The minimum Gasteiger partial charge on any atom is -0.497 e. The molecule has 0 aliphatic heterocycles. The molecule has 0 spiro atoms. The molecule has 0 aliphatic carbocycles. The fraction of sp³-hybridized carbons (Fsp3) is 0.538. The Balaban J connectivity index is 3.03. The molecule has 1 rings (SSSR count). The van der Waals surface area contributed by atoms with E-state index < -0.39 is 10.0 Å². The first-order chi connectivity index (χ1) is 9.44. The molecule has 1 aromatic rings. The molecule has 0 heterocycles. The Labute approximate surface area is 120 Å². The van der Waals surface area contributed by atoms with Crippen LogP contribution >= 0.6 is 0 Å². The zero-order chi connectivity index (χ0) is 15.2. The number of hydrogen-bond donors (Lipinski definition) is 2. The van der Waals surface area contributed by atoms with Crippen LogP contribution in [0, 0.1) is 0 Å². The van der Waals surface area contributed by atoms with Crippen LogP contribution in [-0.2, 0) is 21.2 Å². The lowest BCUT2D eigenvalue weighted by Crippen LogP contribution is -2.32. The maximum absolute atomic E-state index is 12.3. The van der Waals surface area contributed by atoms with Gasteiger partial charge in [0, 0.05) is 13.7 Å². The SMILES string of the molecule is COc1ccc(S(=O)(=O)NCC(C)OC)c(CCN)c1.